The zero-order chi connectivity index (χ0) is 14.0. The van der Waals surface area contributed by atoms with Gasteiger partial charge in [0.05, 0.1) is 5.92 Å². The fourth-order valence-electron chi connectivity index (χ4n) is 3.41. The molecule has 0 spiro atoms. The van der Waals surface area contributed by atoms with Gasteiger partial charge in [-0.05, 0) is 36.3 Å². The summed E-state index contributed by atoms with van der Waals surface area (Å²) in [6, 6.07) is 5.71. The minimum Gasteiger partial charge on any atom is -0.481 e. The average Bonchev–Trinajstić information content (AvgIpc) is 2.35. The topological polar surface area (TPSA) is 63.3 Å². The number of aryl methyl sites for hydroxylation is 1. The first-order valence-corrected chi connectivity index (χ1v) is 7.03. The first-order valence-electron chi connectivity index (χ1n) is 7.03. The van der Waals surface area contributed by atoms with Gasteiger partial charge >= 0.3 is 5.97 Å². The van der Waals surface area contributed by atoms with Crippen LogP contribution in [-0.4, -0.2) is 11.1 Å². The summed E-state index contributed by atoms with van der Waals surface area (Å²) in [6.45, 7) is 4.04. The number of anilines is 1. The number of carbonyl (C=O) groups is 1. The van der Waals surface area contributed by atoms with Gasteiger partial charge in [0.2, 0.25) is 0 Å². The van der Waals surface area contributed by atoms with Crippen LogP contribution in [0.25, 0.3) is 0 Å². The van der Waals surface area contributed by atoms with Gasteiger partial charge in [0.15, 0.2) is 0 Å². The second-order valence-corrected chi connectivity index (χ2v) is 6.06. The Morgan fingerprint density at radius 1 is 1.32 bits per heavy atom. The Bertz CT molecular complexity index is 476. The maximum atomic E-state index is 11.8. The van der Waals surface area contributed by atoms with E-state index < -0.39 is 11.9 Å². The minimum absolute atomic E-state index is 0.175. The molecule has 0 bridgehead atoms. The van der Waals surface area contributed by atoms with Gasteiger partial charge in [-0.25, -0.2) is 0 Å². The summed E-state index contributed by atoms with van der Waals surface area (Å²) in [5.74, 6) is -1.24. The lowest BCUT2D eigenvalue weighted by atomic mass is 9.64. The number of carboxylic acids is 1. The van der Waals surface area contributed by atoms with Crippen molar-refractivity contribution in [2.45, 2.75) is 51.9 Å². The van der Waals surface area contributed by atoms with E-state index in [9.17, 15) is 9.90 Å². The SMILES string of the molecule is Cc1cccc(C(C(=O)O)C2(C)CCCCC2)c1N. The number of carboxylic acid groups (broad SMARTS) is 1. The van der Waals surface area contributed by atoms with Crippen molar-refractivity contribution in [2.75, 3.05) is 5.73 Å². The quantitative estimate of drug-likeness (QED) is 0.815. The van der Waals surface area contributed by atoms with E-state index >= 15 is 0 Å². The van der Waals surface area contributed by atoms with Gasteiger partial charge in [-0.2, -0.15) is 0 Å². The van der Waals surface area contributed by atoms with E-state index in [4.69, 9.17) is 5.73 Å². The number of para-hydroxylation sites is 1. The van der Waals surface area contributed by atoms with Crippen molar-refractivity contribution in [2.24, 2.45) is 5.41 Å². The van der Waals surface area contributed by atoms with Crippen LogP contribution in [0, 0.1) is 12.3 Å². The second kappa shape index (κ2) is 5.24. The average molecular weight is 261 g/mol. The molecule has 1 aromatic rings. The van der Waals surface area contributed by atoms with Crippen molar-refractivity contribution in [1.82, 2.24) is 0 Å². The van der Waals surface area contributed by atoms with Crippen LogP contribution in [0.15, 0.2) is 18.2 Å². The van der Waals surface area contributed by atoms with Gasteiger partial charge in [0, 0.05) is 5.69 Å². The normalized spacial score (nSPS) is 19.9. The van der Waals surface area contributed by atoms with E-state index in [1.54, 1.807) is 0 Å². The van der Waals surface area contributed by atoms with E-state index in [1.807, 2.05) is 25.1 Å². The third-order valence-corrected chi connectivity index (χ3v) is 4.61. The molecule has 1 aromatic carbocycles. The number of hydrogen-bond donors (Lipinski definition) is 2. The van der Waals surface area contributed by atoms with Crippen molar-refractivity contribution in [3.05, 3.63) is 29.3 Å². The maximum absolute atomic E-state index is 11.8. The van der Waals surface area contributed by atoms with Crippen molar-refractivity contribution in [3.63, 3.8) is 0 Å². The number of hydrogen-bond acceptors (Lipinski definition) is 2. The van der Waals surface area contributed by atoms with E-state index in [-0.39, 0.29) is 5.41 Å². The molecule has 1 atom stereocenters. The van der Waals surface area contributed by atoms with Crippen LogP contribution in [-0.2, 0) is 4.79 Å². The fourth-order valence-corrected chi connectivity index (χ4v) is 3.41. The highest BCUT2D eigenvalue weighted by Gasteiger charge is 2.41. The second-order valence-electron chi connectivity index (χ2n) is 6.06. The highest BCUT2D eigenvalue weighted by molar-refractivity contribution is 5.80. The summed E-state index contributed by atoms with van der Waals surface area (Å²) >= 11 is 0. The Labute approximate surface area is 114 Å². The number of benzene rings is 1. The molecule has 0 radical (unpaired) electrons. The summed E-state index contributed by atoms with van der Waals surface area (Å²) in [4.78, 5) is 11.8. The van der Waals surface area contributed by atoms with Crippen molar-refractivity contribution < 1.29 is 9.90 Å². The molecule has 1 aliphatic rings. The van der Waals surface area contributed by atoms with Crippen molar-refractivity contribution in [3.8, 4) is 0 Å². The Balaban J connectivity index is 2.45. The van der Waals surface area contributed by atoms with Gasteiger partial charge in [-0.1, -0.05) is 44.4 Å². The molecule has 3 heteroatoms. The van der Waals surface area contributed by atoms with Crippen LogP contribution >= 0.6 is 0 Å². The van der Waals surface area contributed by atoms with Gasteiger partial charge in [0.25, 0.3) is 0 Å². The largest absolute Gasteiger partial charge is 0.481 e. The molecule has 2 rings (SSSR count). The van der Waals surface area contributed by atoms with Crippen LogP contribution in [0.4, 0.5) is 5.69 Å². The molecule has 3 N–H and O–H groups in total. The van der Waals surface area contributed by atoms with E-state index in [0.717, 1.165) is 36.8 Å². The molecule has 0 aliphatic heterocycles. The standard InChI is InChI=1S/C16H23NO2/c1-11-7-6-8-12(14(11)17)13(15(18)19)16(2)9-4-3-5-10-16/h6-8,13H,3-5,9-10,17H2,1-2H3,(H,18,19). The molecular weight excluding hydrogens is 238 g/mol. The number of nitrogens with two attached hydrogens (primary N) is 1. The third kappa shape index (κ3) is 2.60. The molecule has 0 saturated heterocycles. The summed E-state index contributed by atoms with van der Waals surface area (Å²) in [5, 5.41) is 9.70. The highest BCUT2D eigenvalue weighted by Crippen LogP contribution is 2.48. The lowest BCUT2D eigenvalue weighted by Crippen LogP contribution is -2.34. The molecule has 0 aromatic heterocycles. The fraction of sp³-hybridized carbons (Fsp3) is 0.562. The van der Waals surface area contributed by atoms with Gasteiger partial charge < -0.3 is 10.8 Å². The lowest BCUT2D eigenvalue weighted by molar-refractivity contribution is -0.142. The van der Waals surface area contributed by atoms with Gasteiger partial charge in [-0.3, -0.25) is 4.79 Å². The number of rotatable bonds is 3. The first kappa shape index (κ1) is 13.9. The van der Waals surface area contributed by atoms with E-state index in [1.165, 1.54) is 6.42 Å². The Kier molecular flexibility index (Phi) is 3.83. The molecule has 1 saturated carbocycles. The molecule has 19 heavy (non-hydrogen) atoms. The molecule has 1 aliphatic carbocycles. The monoisotopic (exact) mass is 261 g/mol. The first-order chi connectivity index (χ1) is 8.96. The molecule has 3 nitrogen and oxygen atoms in total. The molecule has 1 unspecified atom stereocenters. The van der Waals surface area contributed by atoms with Crippen LogP contribution in [0.5, 0.6) is 0 Å². The zero-order valence-electron chi connectivity index (χ0n) is 11.8. The smallest absolute Gasteiger partial charge is 0.311 e. The van der Waals surface area contributed by atoms with E-state index in [2.05, 4.69) is 6.92 Å². The summed E-state index contributed by atoms with van der Waals surface area (Å²) in [7, 11) is 0. The van der Waals surface area contributed by atoms with Crippen molar-refractivity contribution >= 4 is 11.7 Å². The van der Waals surface area contributed by atoms with Crippen LogP contribution < -0.4 is 5.73 Å². The zero-order valence-corrected chi connectivity index (χ0v) is 11.8. The number of nitrogen functional groups attached to an aromatic ring is 1. The van der Waals surface area contributed by atoms with Crippen LogP contribution in [0.1, 0.15) is 56.1 Å². The third-order valence-electron chi connectivity index (χ3n) is 4.61. The minimum atomic E-state index is -0.748. The van der Waals surface area contributed by atoms with Crippen LogP contribution in [0.2, 0.25) is 0 Å². The Hall–Kier alpha value is -1.51. The summed E-state index contributed by atoms with van der Waals surface area (Å²) in [5.41, 5.74) is 8.34. The molecular formula is C16H23NO2. The molecule has 1 fully saturated rings. The lowest BCUT2D eigenvalue weighted by Gasteiger charge is -2.39. The Morgan fingerprint density at radius 2 is 1.95 bits per heavy atom. The summed E-state index contributed by atoms with van der Waals surface area (Å²) in [6.07, 6.45) is 5.39. The molecule has 0 amide bonds. The predicted molar refractivity (Wildman–Crippen MR) is 77.2 cm³/mol. The van der Waals surface area contributed by atoms with Gasteiger partial charge in [0.1, 0.15) is 0 Å². The maximum Gasteiger partial charge on any atom is 0.311 e. The molecule has 104 valence electrons. The summed E-state index contributed by atoms with van der Waals surface area (Å²) < 4.78 is 0. The van der Waals surface area contributed by atoms with Crippen molar-refractivity contribution in [1.29, 1.82) is 0 Å². The molecule has 0 heterocycles. The van der Waals surface area contributed by atoms with Crippen LogP contribution in [0.3, 0.4) is 0 Å². The Morgan fingerprint density at radius 3 is 2.53 bits per heavy atom. The van der Waals surface area contributed by atoms with Gasteiger partial charge in [-0.15, -0.1) is 0 Å². The number of aliphatic carboxylic acids is 1. The highest BCUT2D eigenvalue weighted by atomic mass is 16.4. The predicted octanol–water partition coefficient (Wildman–Crippen LogP) is 3.72. The van der Waals surface area contributed by atoms with E-state index in [0.29, 0.717) is 5.69 Å².